The van der Waals surface area contributed by atoms with Crippen molar-refractivity contribution in [3.05, 3.63) is 84.4 Å². The Morgan fingerprint density at radius 2 is 1.18 bits per heavy atom. The first-order chi connectivity index (χ1) is 10.7. The maximum Gasteiger partial charge on any atom is 0.0266 e. The first-order valence-corrected chi connectivity index (χ1v) is 8.23. The smallest absolute Gasteiger partial charge is 0.0266 e. The molecule has 0 aliphatic rings. The molecule has 0 saturated carbocycles. The SMILES string of the molecule is CC(N)c1ccc(-c2ccc(Sc3ccccc3)cc2)cc1. The van der Waals surface area contributed by atoms with Gasteiger partial charge in [-0.3, -0.25) is 0 Å². The summed E-state index contributed by atoms with van der Waals surface area (Å²) in [6.07, 6.45) is 0. The Morgan fingerprint density at radius 3 is 1.73 bits per heavy atom. The van der Waals surface area contributed by atoms with Gasteiger partial charge >= 0.3 is 0 Å². The minimum Gasteiger partial charge on any atom is -0.324 e. The van der Waals surface area contributed by atoms with Crippen LogP contribution in [0.5, 0.6) is 0 Å². The molecule has 110 valence electrons. The van der Waals surface area contributed by atoms with Crippen molar-refractivity contribution in [2.75, 3.05) is 0 Å². The van der Waals surface area contributed by atoms with Crippen LogP contribution in [0.3, 0.4) is 0 Å². The summed E-state index contributed by atoms with van der Waals surface area (Å²) in [5.41, 5.74) is 9.51. The molecule has 0 saturated heterocycles. The normalized spacial score (nSPS) is 12.1. The van der Waals surface area contributed by atoms with Gasteiger partial charge in [0.15, 0.2) is 0 Å². The predicted molar refractivity (Wildman–Crippen MR) is 95.0 cm³/mol. The monoisotopic (exact) mass is 305 g/mol. The molecule has 0 aliphatic carbocycles. The van der Waals surface area contributed by atoms with Crippen molar-refractivity contribution in [1.82, 2.24) is 0 Å². The highest BCUT2D eigenvalue weighted by Crippen LogP contribution is 2.29. The molecule has 1 atom stereocenters. The van der Waals surface area contributed by atoms with Crippen LogP contribution in [0.15, 0.2) is 88.7 Å². The highest BCUT2D eigenvalue weighted by Gasteiger charge is 2.02. The van der Waals surface area contributed by atoms with E-state index in [1.54, 1.807) is 11.8 Å². The highest BCUT2D eigenvalue weighted by atomic mass is 32.2. The topological polar surface area (TPSA) is 26.0 Å². The number of hydrogen-bond acceptors (Lipinski definition) is 2. The fourth-order valence-electron chi connectivity index (χ4n) is 2.32. The minimum atomic E-state index is 0.0821. The van der Waals surface area contributed by atoms with Crippen LogP contribution in [0, 0.1) is 0 Å². The summed E-state index contributed by atoms with van der Waals surface area (Å²) >= 11 is 1.78. The number of nitrogens with two attached hydrogens (primary N) is 1. The van der Waals surface area contributed by atoms with Crippen LogP contribution in [0.25, 0.3) is 11.1 Å². The fourth-order valence-corrected chi connectivity index (χ4v) is 3.16. The predicted octanol–water partition coefficient (Wildman–Crippen LogP) is 5.52. The van der Waals surface area contributed by atoms with E-state index in [1.165, 1.54) is 26.5 Å². The van der Waals surface area contributed by atoms with Gasteiger partial charge < -0.3 is 5.73 Å². The third-order valence-corrected chi connectivity index (χ3v) is 4.62. The number of benzene rings is 3. The summed E-state index contributed by atoms with van der Waals surface area (Å²) in [6.45, 7) is 2.00. The molecular weight excluding hydrogens is 286 g/mol. The average molecular weight is 305 g/mol. The lowest BCUT2D eigenvalue weighted by molar-refractivity contribution is 0.818. The van der Waals surface area contributed by atoms with Gasteiger partial charge in [-0.1, -0.05) is 66.4 Å². The van der Waals surface area contributed by atoms with Gasteiger partial charge in [0, 0.05) is 15.8 Å². The van der Waals surface area contributed by atoms with Crippen molar-refractivity contribution >= 4 is 11.8 Å². The lowest BCUT2D eigenvalue weighted by Crippen LogP contribution is -2.04. The minimum absolute atomic E-state index is 0.0821. The van der Waals surface area contributed by atoms with Gasteiger partial charge in [0.25, 0.3) is 0 Å². The summed E-state index contributed by atoms with van der Waals surface area (Å²) < 4.78 is 0. The Labute approximate surface area is 136 Å². The van der Waals surface area contributed by atoms with Gasteiger partial charge in [0.05, 0.1) is 0 Å². The molecule has 0 radical (unpaired) electrons. The molecule has 2 N–H and O–H groups in total. The van der Waals surface area contributed by atoms with E-state index < -0.39 is 0 Å². The largest absolute Gasteiger partial charge is 0.324 e. The lowest BCUT2D eigenvalue weighted by atomic mass is 10.0. The van der Waals surface area contributed by atoms with E-state index in [0.717, 1.165) is 0 Å². The van der Waals surface area contributed by atoms with Gasteiger partial charge in [0.2, 0.25) is 0 Å². The molecule has 1 unspecified atom stereocenters. The molecule has 1 nitrogen and oxygen atoms in total. The number of hydrogen-bond donors (Lipinski definition) is 1. The third kappa shape index (κ3) is 3.59. The fraction of sp³-hybridized carbons (Fsp3) is 0.100. The van der Waals surface area contributed by atoms with E-state index in [4.69, 9.17) is 5.73 Å². The summed E-state index contributed by atoms with van der Waals surface area (Å²) in [5, 5.41) is 0. The first kappa shape index (κ1) is 14.9. The molecule has 0 aliphatic heterocycles. The third-order valence-electron chi connectivity index (χ3n) is 3.60. The average Bonchev–Trinajstić information content (AvgIpc) is 2.57. The second-order valence-corrected chi connectivity index (χ2v) is 6.50. The van der Waals surface area contributed by atoms with Crippen LogP contribution in [-0.4, -0.2) is 0 Å². The summed E-state index contributed by atoms with van der Waals surface area (Å²) in [4.78, 5) is 2.51. The molecule has 0 heterocycles. The summed E-state index contributed by atoms with van der Waals surface area (Å²) in [6, 6.07) is 27.7. The molecular formula is C20H19NS. The maximum absolute atomic E-state index is 5.89. The van der Waals surface area contributed by atoms with Crippen molar-refractivity contribution in [3.63, 3.8) is 0 Å². The van der Waals surface area contributed by atoms with Crippen LogP contribution < -0.4 is 5.73 Å². The zero-order valence-electron chi connectivity index (χ0n) is 12.6. The molecule has 2 heteroatoms. The molecule has 0 aromatic heterocycles. The molecule has 0 amide bonds. The molecule has 3 aromatic carbocycles. The molecule has 3 aromatic rings. The Hall–Kier alpha value is -2.03. The van der Waals surface area contributed by atoms with Gasteiger partial charge in [-0.15, -0.1) is 0 Å². The standard InChI is InChI=1S/C20H19NS/c1-15(21)16-7-9-17(10-8-16)18-11-13-20(14-12-18)22-19-5-3-2-4-6-19/h2-15H,21H2,1H3. The lowest BCUT2D eigenvalue weighted by Gasteiger charge is -2.08. The molecule has 0 bridgehead atoms. The zero-order valence-corrected chi connectivity index (χ0v) is 13.4. The van der Waals surface area contributed by atoms with Gasteiger partial charge in [-0.2, -0.15) is 0 Å². The Bertz CT molecular complexity index is 716. The van der Waals surface area contributed by atoms with E-state index in [0.29, 0.717) is 0 Å². The summed E-state index contributed by atoms with van der Waals surface area (Å²) in [7, 11) is 0. The van der Waals surface area contributed by atoms with E-state index in [-0.39, 0.29) is 6.04 Å². The van der Waals surface area contributed by atoms with E-state index in [9.17, 15) is 0 Å². The quantitative estimate of drug-likeness (QED) is 0.686. The van der Waals surface area contributed by atoms with E-state index in [2.05, 4.69) is 72.8 Å². The first-order valence-electron chi connectivity index (χ1n) is 7.41. The summed E-state index contributed by atoms with van der Waals surface area (Å²) in [5.74, 6) is 0. The second-order valence-electron chi connectivity index (χ2n) is 5.35. The van der Waals surface area contributed by atoms with Crippen molar-refractivity contribution in [1.29, 1.82) is 0 Å². The van der Waals surface area contributed by atoms with Crippen molar-refractivity contribution < 1.29 is 0 Å². The Kier molecular flexibility index (Phi) is 4.62. The van der Waals surface area contributed by atoms with Crippen LogP contribution in [0.2, 0.25) is 0 Å². The van der Waals surface area contributed by atoms with Crippen LogP contribution in [0.1, 0.15) is 18.5 Å². The van der Waals surface area contributed by atoms with Gasteiger partial charge in [-0.25, -0.2) is 0 Å². The van der Waals surface area contributed by atoms with E-state index in [1.807, 2.05) is 13.0 Å². The molecule has 3 rings (SSSR count). The van der Waals surface area contributed by atoms with Gasteiger partial charge in [0.1, 0.15) is 0 Å². The molecule has 0 spiro atoms. The van der Waals surface area contributed by atoms with Crippen molar-refractivity contribution in [3.8, 4) is 11.1 Å². The van der Waals surface area contributed by atoms with Crippen molar-refractivity contribution in [2.45, 2.75) is 22.8 Å². The van der Waals surface area contributed by atoms with E-state index >= 15 is 0 Å². The highest BCUT2D eigenvalue weighted by molar-refractivity contribution is 7.99. The molecule has 22 heavy (non-hydrogen) atoms. The second kappa shape index (κ2) is 6.82. The van der Waals surface area contributed by atoms with Crippen molar-refractivity contribution in [2.24, 2.45) is 5.73 Å². The number of rotatable bonds is 4. The Balaban J connectivity index is 1.76. The Morgan fingerprint density at radius 1 is 0.682 bits per heavy atom. The zero-order chi connectivity index (χ0) is 15.4. The van der Waals surface area contributed by atoms with Crippen LogP contribution in [0.4, 0.5) is 0 Å². The molecule has 0 fully saturated rings. The van der Waals surface area contributed by atoms with Crippen LogP contribution in [-0.2, 0) is 0 Å². The van der Waals surface area contributed by atoms with Crippen LogP contribution >= 0.6 is 11.8 Å². The van der Waals surface area contributed by atoms with Gasteiger partial charge in [-0.05, 0) is 47.9 Å². The maximum atomic E-state index is 5.89.